The molecule has 0 aliphatic heterocycles. The van der Waals surface area contributed by atoms with E-state index in [9.17, 15) is 0 Å². The molecule has 2 heteroatoms. The van der Waals surface area contributed by atoms with Crippen molar-refractivity contribution < 1.29 is 4.42 Å². The normalized spacial score (nSPS) is 26.8. The van der Waals surface area contributed by atoms with E-state index in [2.05, 4.69) is 18.3 Å². The average molecular weight is 207 g/mol. The monoisotopic (exact) mass is 207 g/mol. The van der Waals surface area contributed by atoms with Gasteiger partial charge in [0.25, 0.3) is 0 Å². The van der Waals surface area contributed by atoms with Gasteiger partial charge in [0.05, 0.1) is 6.54 Å². The van der Waals surface area contributed by atoms with Gasteiger partial charge in [-0.2, -0.15) is 0 Å². The SMILES string of the molecule is Cc1ccc(CN[C@H]2CCCC[C@H]2C)o1. The smallest absolute Gasteiger partial charge is 0.117 e. The molecule has 2 nitrogen and oxygen atoms in total. The number of aryl methyl sites for hydroxylation is 1. The Hall–Kier alpha value is -0.760. The summed E-state index contributed by atoms with van der Waals surface area (Å²) in [5.74, 6) is 2.88. The number of hydrogen-bond donors (Lipinski definition) is 1. The van der Waals surface area contributed by atoms with Crippen molar-refractivity contribution in [2.75, 3.05) is 0 Å². The molecule has 1 aliphatic carbocycles. The van der Waals surface area contributed by atoms with Crippen molar-refractivity contribution in [2.45, 2.75) is 52.1 Å². The van der Waals surface area contributed by atoms with Crippen LogP contribution in [-0.4, -0.2) is 6.04 Å². The van der Waals surface area contributed by atoms with Crippen LogP contribution in [0.3, 0.4) is 0 Å². The van der Waals surface area contributed by atoms with Crippen molar-refractivity contribution in [3.8, 4) is 0 Å². The summed E-state index contributed by atoms with van der Waals surface area (Å²) in [4.78, 5) is 0. The zero-order chi connectivity index (χ0) is 10.7. The van der Waals surface area contributed by atoms with Crippen LogP contribution < -0.4 is 5.32 Å². The van der Waals surface area contributed by atoms with Gasteiger partial charge in [0.15, 0.2) is 0 Å². The summed E-state index contributed by atoms with van der Waals surface area (Å²) in [7, 11) is 0. The molecule has 0 aromatic carbocycles. The van der Waals surface area contributed by atoms with Crippen LogP contribution in [-0.2, 0) is 6.54 Å². The quantitative estimate of drug-likeness (QED) is 0.823. The van der Waals surface area contributed by atoms with Crippen molar-refractivity contribution >= 4 is 0 Å². The molecule has 1 aromatic rings. The molecule has 15 heavy (non-hydrogen) atoms. The van der Waals surface area contributed by atoms with Crippen molar-refractivity contribution in [1.82, 2.24) is 5.32 Å². The first kappa shape index (κ1) is 10.7. The van der Waals surface area contributed by atoms with Gasteiger partial charge in [0, 0.05) is 6.04 Å². The van der Waals surface area contributed by atoms with Crippen molar-refractivity contribution in [1.29, 1.82) is 0 Å². The minimum atomic E-state index is 0.684. The highest BCUT2D eigenvalue weighted by Crippen LogP contribution is 2.24. The summed E-state index contributed by atoms with van der Waals surface area (Å²) in [5, 5.41) is 3.61. The Morgan fingerprint density at radius 1 is 1.33 bits per heavy atom. The summed E-state index contributed by atoms with van der Waals surface area (Å²) in [5.41, 5.74) is 0. The number of furan rings is 1. The molecule has 1 aliphatic rings. The second-order valence-electron chi connectivity index (χ2n) is 4.76. The summed E-state index contributed by atoms with van der Waals surface area (Å²) in [6.45, 7) is 5.22. The Kier molecular flexibility index (Phi) is 3.47. The van der Waals surface area contributed by atoms with Crippen LogP contribution in [0.2, 0.25) is 0 Å². The first-order valence-electron chi connectivity index (χ1n) is 6.04. The molecule has 0 amide bonds. The molecule has 0 radical (unpaired) electrons. The van der Waals surface area contributed by atoms with E-state index in [-0.39, 0.29) is 0 Å². The fraction of sp³-hybridized carbons (Fsp3) is 0.692. The van der Waals surface area contributed by atoms with Crippen LogP contribution in [0.5, 0.6) is 0 Å². The molecule has 0 unspecified atom stereocenters. The standard InChI is InChI=1S/C13H21NO/c1-10-5-3-4-6-13(10)14-9-12-8-7-11(2)15-12/h7-8,10,13-14H,3-6,9H2,1-2H3/t10-,13+/m1/s1. The van der Waals surface area contributed by atoms with Gasteiger partial charge >= 0.3 is 0 Å². The van der Waals surface area contributed by atoms with Gasteiger partial charge in [0.2, 0.25) is 0 Å². The molecule has 2 rings (SSSR count). The van der Waals surface area contributed by atoms with Crippen LogP contribution in [0.4, 0.5) is 0 Å². The van der Waals surface area contributed by atoms with E-state index in [4.69, 9.17) is 4.42 Å². The predicted molar refractivity (Wildman–Crippen MR) is 61.7 cm³/mol. The second-order valence-corrected chi connectivity index (χ2v) is 4.76. The van der Waals surface area contributed by atoms with Gasteiger partial charge in [-0.15, -0.1) is 0 Å². The van der Waals surface area contributed by atoms with Gasteiger partial charge in [-0.25, -0.2) is 0 Å². The lowest BCUT2D eigenvalue weighted by atomic mass is 9.86. The Labute approximate surface area is 92.1 Å². The molecular formula is C13H21NO. The maximum atomic E-state index is 5.55. The molecule has 1 fully saturated rings. The predicted octanol–water partition coefficient (Wildman–Crippen LogP) is 3.26. The van der Waals surface area contributed by atoms with Crippen molar-refractivity contribution in [2.24, 2.45) is 5.92 Å². The number of rotatable bonds is 3. The van der Waals surface area contributed by atoms with Gasteiger partial charge in [-0.3, -0.25) is 0 Å². The molecule has 84 valence electrons. The zero-order valence-electron chi connectivity index (χ0n) is 9.75. The Morgan fingerprint density at radius 3 is 2.80 bits per heavy atom. The lowest BCUT2D eigenvalue weighted by molar-refractivity contribution is 0.272. The lowest BCUT2D eigenvalue weighted by Crippen LogP contribution is -2.36. The maximum absolute atomic E-state index is 5.55. The fourth-order valence-electron chi connectivity index (χ4n) is 2.43. The summed E-state index contributed by atoms with van der Waals surface area (Å²) in [6, 6.07) is 4.78. The summed E-state index contributed by atoms with van der Waals surface area (Å²) in [6.07, 6.45) is 5.47. The average Bonchev–Trinajstić information content (AvgIpc) is 2.63. The Balaban J connectivity index is 1.81. The minimum Gasteiger partial charge on any atom is -0.465 e. The Morgan fingerprint density at radius 2 is 2.13 bits per heavy atom. The van der Waals surface area contributed by atoms with E-state index >= 15 is 0 Å². The zero-order valence-corrected chi connectivity index (χ0v) is 9.75. The van der Waals surface area contributed by atoms with E-state index in [1.165, 1.54) is 25.7 Å². The highest BCUT2D eigenvalue weighted by atomic mass is 16.3. The molecule has 0 spiro atoms. The fourth-order valence-corrected chi connectivity index (χ4v) is 2.43. The van der Waals surface area contributed by atoms with E-state index < -0.39 is 0 Å². The second kappa shape index (κ2) is 4.84. The largest absolute Gasteiger partial charge is 0.465 e. The molecule has 1 N–H and O–H groups in total. The van der Waals surface area contributed by atoms with Crippen LogP contribution in [0.1, 0.15) is 44.1 Å². The molecule has 2 atom stereocenters. The molecular weight excluding hydrogens is 186 g/mol. The molecule has 1 aromatic heterocycles. The highest BCUT2D eigenvalue weighted by molar-refractivity contribution is 5.05. The summed E-state index contributed by atoms with van der Waals surface area (Å²) < 4.78 is 5.55. The highest BCUT2D eigenvalue weighted by Gasteiger charge is 2.20. The van der Waals surface area contributed by atoms with Gasteiger partial charge in [-0.1, -0.05) is 19.8 Å². The van der Waals surface area contributed by atoms with Crippen molar-refractivity contribution in [3.05, 3.63) is 23.7 Å². The van der Waals surface area contributed by atoms with E-state index in [1.54, 1.807) is 0 Å². The molecule has 0 bridgehead atoms. The topological polar surface area (TPSA) is 25.2 Å². The summed E-state index contributed by atoms with van der Waals surface area (Å²) >= 11 is 0. The van der Waals surface area contributed by atoms with E-state index in [0.29, 0.717) is 6.04 Å². The first-order chi connectivity index (χ1) is 7.25. The maximum Gasteiger partial charge on any atom is 0.117 e. The molecule has 1 heterocycles. The Bertz CT molecular complexity index is 305. The minimum absolute atomic E-state index is 0.684. The first-order valence-corrected chi connectivity index (χ1v) is 6.04. The van der Waals surface area contributed by atoms with Crippen LogP contribution in [0.25, 0.3) is 0 Å². The van der Waals surface area contributed by atoms with Gasteiger partial charge < -0.3 is 9.73 Å². The molecule has 1 saturated carbocycles. The van der Waals surface area contributed by atoms with Crippen LogP contribution in [0.15, 0.2) is 16.5 Å². The third-order valence-corrected chi connectivity index (χ3v) is 3.45. The van der Waals surface area contributed by atoms with E-state index in [1.807, 2.05) is 13.0 Å². The van der Waals surface area contributed by atoms with E-state index in [0.717, 1.165) is 24.0 Å². The third kappa shape index (κ3) is 2.85. The van der Waals surface area contributed by atoms with Crippen LogP contribution in [0, 0.1) is 12.8 Å². The third-order valence-electron chi connectivity index (χ3n) is 3.45. The molecule has 0 saturated heterocycles. The number of hydrogen-bond acceptors (Lipinski definition) is 2. The lowest BCUT2D eigenvalue weighted by Gasteiger charge is -2.29. The number of nitrogens with one attached hydrogen (secondary N) is 1. The van der Waals surface area contributed by atoms with Gasteiger partial charge in [0.1, 0.15) is 11.5 Å². The van der Waals surface area contributed by atoms with Gasteiger partial charge in [-0.05, 0) is 37.8 Å². The van der Waals surface area contributed by atoms with Crippen LogP contribution >= 0.6 is 0 Å². The van der Waals surface area contributed by atoms with Crippen molar-refractivity contribution in [3.63, 3.8) is 0 Å².